The second-order valence-corrected chi connectivity index (χ2v) is 8.70. The van der Waals surface area contributed by atoms with Crippen LogP contribution in [-0.2, 0) is 0 Å². The number of hydrogen-bond acceptors (Lipinski definition) is 6. The number of ether oxygens (including phenoxy) is 1. The molecule has 2 heterocycles. The summed E-state index contributed by atoms with van der Waals surface area (Å²) in [6.45, 7) is 0.387. The molecule has 1 aliphatic heterocycles. The molecule has 4 rings (SSSR count). The van der Waals surface area contributed by atoms with Gasteiger partial charge < -0.3 is 20.7 Å². The number of halogens is 3. The average Bonchev–Trinajstić information content (AvgIpc) is 3.20. The minimum Gasteiger partial charge on any atom is -0.489 e. The van der Waals surface area contributed by atoms with Crippen molar-refractivity contribution in [1.29, 1.82) is 0 Å². The van der Waals surface area contributed by atoms with Gasteiger partial charge in [0.25, 0.3) is 5.91 Å². The van der Waals surface area contributed by atoms with Crippen LogP contribution >= 0.6 is 11.6 Å². The average molecular weight is 478 g/mol. The summed E-state index contributed by atoms with van der Waals surface area (Å²) in [6, 6.07) is 4.18. The van der Waals surface area contributed by atoms with Gasteiger partial charge in [0.1, 0.15) is 18.2 Å². The van der Waals surface area contributed by atoms with Gasteiger partial charge in [-0.05, 0) is 37.8 Å². The zero-order valence-corrected chi connectivity index (χ0v) is 18.8. The van der Waals surface area contributed by atoms with E-state index in [9.17, 15) is 13.6 Å². The van der Waals surface area contributed by atoms with Crippen molar-refractivity contribution in [2.75, 3.05) is 26.3 Å². The summed E-state index contributed by atoms with van der Waals surface area (Å²) in [5.74, 6) is -0.153. The standard InChI is InChI=1S/C23H26ClF2N5O2/c24-14-10-29-22(30-11-14)19-12-31(13-20(19)27)23(32)18-6-1-15(26)9-21(18)33-17-4-2-16(3-5-17)28-8-7-25/h1,6,9-11,16-17,28H,2-5,7-8,12-13,27H2. The molecule has 2 aliphatic rings. The van der Waals surface area contributed by atoms with Gasteiger partial charge in [-0.3, -0.25) is 4.79 Å². The molecule has 0 spiro atoms. The van der Waals surface area contributed by atoms with E-state index in [-0.39, 0.29) is 42.5 Å². The molecule has 3 N–H and O–H groups in total. The molecule has 10 heteroatoms. The Morgan fingerprint density at radius 3 is 2.64 bits per heavy atom. The molecule has 0 radical (unpaired) electrons. The number of nitrogens with one attached hydrogen (secondary N) is 1. The van der Waals surface area contributed by atoms with Gasteiger partial charge in [0.05, 0.1) is 29.8 Å². The Labute approximate surface area is 196 Å². The maximum atomic E-state index is 14.0. The lowest BCUT2D eigenvalue weighted by atomic mass is 9.93. The summed E-state index contributed by atoms with van der Waals surface area (Å²) in [5, 5.41) is 3.58. The molecule has 0 atom stereocenters. The summed E-state index contributed by atoms with van der Waals surface area (Å²) in [5.41, 5.74) is 7.60. The van der Waals surface area contributed by atoms with Crippen LogP contribution in [0.1, 0.15) is 41.9 Å². The van der Waals surface area contributed by atoms with E-state index in [4.69, 9.17) is 22.1 Å². The van der Waals surface area contributed by atoms with Gasteiger partial charge in [-0.25, -0.2) is 18.7 Å². The molecule has 2 aromatic rings. The van der Waals surface area contributed by atoms with Gasteiger partial charge in [-0.1, -0.05) is 11.6 Å². The van der Waals surface area contributed by atoms with Crippen LogP contribution in [0.2, 0.25) is 5.02 Å². The van der Waals surface area contributed by atoms with Crippen molar-refractivity contribution in [1.82, 2.24) is 20.2 Å². The highest BCUT2D eigenvalue weighted by molar-refractivity contribution is 6.30. The monoisotopic (exact) mass is 477 g/mol. The third kappa shape index (κ3) is 5.59. The Bertz CT molecular complexity index is 1030. The third-order valence-corrected chi connectivity index (χ3v) is 6.14. The van der Waals surface area contributed by atoms with Crippen LogP contribution in [0.25, 0.3) is 5.57 Å². The number of aromatic nitrogens is 2. The molecule has 1 saturated carbocycles. The molecule has 1 aromatic heterocycles. The fourth-order valence-electron chi connectivity index (χ4n) is 4.24. The molecule has 1 fully saturated rings. The Morgan fingerprint density at radius 2 is 1.94 bits per heavy atom. The number of hydrogen-bond donors (Lipinski definition) is 2. The lowest BCUT2D eigenvalue weighted by Gasteiger charge is -2.30. The predicted octanol–water partition coefficient (Wildman–Crippen LogP) is 3.34. The summed E-state index contributed by atoms with van der Waals surface area (Å²) < 4.78 is 32.5. The Morgan fingerprint density at radius 1 is 1.21 bits per heavy atom. The number of benzene rings is 1. The predicted molar refractivity (Wildman–Crippen MR) is 121 cm³/mol. The molecule has 1 amide bonds. The van der Waals surface area contributed by atoms with E-state index < -0.39 is 12.5 Å². The number of carbonyl (C=O) groups excluding carboxylic acids is 1. The Kier molecular flexibility index (Phi) is 7.39. The Hall–Kier alpha value is -2.78. The van der Waals surface area contributed by atoms with Crippen LogP contribution in [0.3, 0.4) is 0 Å². The second-order valence-electron chi connectivity index (χ2n) is 8.26. The van der Waals surface area contributed by atoms with Gasteiger partial charge in [-0.15, -0.1) is 0 Å². The summed E-state index contributed by atoms with van der Waals surface area (Å²) >= 11 is 5.85. The first-order valence-electron chi connectivity index (χ1n) is 10.9. The summed E-state index contributed by atoms with van der Waals surface area (Å²) in [7, 11) is 0. The van der Waals surface area contributed by atoms with Gasteiger partial charge >= 0.3 is 0 Å². The summed E-state index contributed by atoms with van der Waals surface area (Å²) in [6.07, 6.45) is 5.96. The number of nitrogens with zero attached hydrogens (tertiary/aromatic N) is 3. The topological polar surface area (TPSA) is 93.4 Å². The lowest BCUT2D eigenvalue weighted by Crippen LogP contribution is -2.37. The molecule has 1 aliphatic carbocycles. The quantitative estimate of drug-likeness (QED) is 0.635. The number of nitrogens with two attached hydrogens (primary N) is 1. The van der Waals surface area contributed by atoms with E-state index in [0.29, 0.717) is 28.7 Å². The van der Waals surface area contributed by atoms with Gasteiger partial charge in [0, 0.05) is 42.3 Å². The lowest BCUT2D eigenvalue weighted by molar-refractivity contribution is 0.0785. The second kappa shape index (κ2) is 10.4. The number of rotatable bonds is 7. The van der Waals surface area contributed by atoms with Crippen molar-refractivity contribution < 1.29 is 18.3 Å². The van der Waals surface area contributed by atoms with Crippen LogP contribution in [0.5, 0.6) is 5.75 Å². The molecule has 0 bridgehead atoms. The van der Waals surface area contributed by atoms with E-state index in [1.54, 1.807) is 4.90 Å². The largest absolute Gasteiger partial charge is 0.489 e. The minimum absolute atomic E-state index is 0.137. The Balaban J connectivity index is 1.44. The first kappa shape index (κ1) is 23.4. The molecular weight excluding hydrogens is 452 g/mol. The van der Waals surface area contributed by atoms with E-state index >= 15 is 0 Å². The van der Waals surface area contributed by atoms with Gasteiger partial charge in [0.15, 0.2) is 5.82 Å². The van der Waals surface area contributed by atoms with Crippen LogP contribution in [0, 0.1) is 5.82 Å². The van der Waals surface area contributed by atoms with Crippen molar-refractivity contribution >= 4 is 23.1 Å². The highest BCUT2D eigenvalue weighted by Crippen LogP contribution is 2.30. The van der Waals surface area contributed by atoms with Crippen LogP contribution in [-0.4, -0.2) is 59.2 Å². The van der Waals surface area contributed by atoms with Crippen molar-refractivity contribution in [2.24, 2.45) is 5.73 Å². The first-order valence-corrected chi connectivity index (χ1v) is 11.3. The minimum atomic E-state index is -0.478. The van der Waals surface area contributed by atoms with Crippen LogP contribution in [0.15, 0.2) is 36.3 Å². The van der Waals surface area contributed by atoms with Gasteiger partial charge in [0.2, 0.25) is 0 Å². The molecule has 0 saturated heterocycles. The molecule has 1 aromatic carbocycles. The fraction of sp³-hybridized carbons (Fsp3) is 0.435. The van der Waals surface area contributed by atoms with Crippen molar-refractivity contribution in [2.45, 2.75) is 37.8 Å². The fourth-order valence-corrected chi connectivity index (χ4v) is 4.34. The molecule has 33 heavy (non-hydrogen) atoms. The van der Waals surface area contributed by atoms with Crippen molar-refractivity contribution in [3.63, 3.8) is 0 Å². The number of amides is 1. The maximum Gasteiger partial charge on any atom is 0.258 e. The molecule has 176 valence electrons. The smallest absolute Gasteiger partial charge is 0.258 e. The SMILES string of the molecule is NC1=C(c2ncc(Cl)cn2)CN(C(=O)c2ccc(F)cc2OC2CCC(NCCF)CC2)C1. The number of alkyl halides is 1. The van der Waals surface area contributed by atoms with E-state index in [1.807, 2.05) is 0 Å². The maximum absolute atomic E-state index is 14.0. The van der Waals surface area contributed by atoms with Crippen LogP contribution in [0.4, 0.5) is 8.78 Å². The van der Waals surface area contributed by atoms with Gasteiger partial charge in [-0.2, -0.15) is 0 Å². The molecule has 0 unspecified atom stereocenters. The van der Waals surface area contributed by atoms with E-state index in [1.165, 1.54) is 30.6 Å². The van der Waals surface area contributed by atoms with Crippen molar-refractivity contribution in [3.8, 4) is 5.75 Å². The molecular formula is C23H26ClF2N5O2. The van der Waals surface area contributed by atoms with E-state index in [2.05, 4.69) is 15.3 Å². The highest BCUT2D eigenvalue weighted by atomic mass is 35.5. The number of carbonyl (C=O) groups is 1. The first-order chi connectivity index (χ1) is 15.9. The van der Waals surface area contributed by atoms with E-state index in [0.717, 1.165) is 25.7 Å². The zero-order chi connectivity index (χ0) is 23.4. The summed E-state index contributed by atoms with van der Waals surface area (Å²) in [4.78, 5) is 23.2. The normalized spacial score (nSPS) is 20.9. The zero-order valence-electron chi connectivity index (χ0n) is 18.1. The van der Waals surface area contributed by atoms with Crippen LogP contribution < -0.4 is 15.8 Å². The highest BCUT2D eigenvalue weighted by Gasteiger charge is 2.30. The molecule has 7 nitrogen and oxygen atoms in total. The van der Waals surface area contributed by atoms with Crippen molar-refractivity contribution in [3.05, 3.63) is 58.5 Å². The third-order valence-electron chi connectivity index (χ3n) is 5.94.